The third kappa shape index (κ3) is 5.82. The predicted octanol–water partition coefficient (Wildman–Crippen LogP) is 3.36. The van der Waals surface area contributed by atoms with E-state index in [-0.39, 0.29) is 23.4 Å². The summed E-state index contributed by atoms with van der Waals surface area (Å²) in [6, 6.07) is 7.01. The van der Waals surface area contributed by atoms with Crippen molar-refractivity contribution in [3.63, 3.8) is 0 Å². The number of nitrogens with one attached hydrogen (secondary N) is 1. The van der Waals surface area contributed by atoms with Crippen molar-refractivity contribution in [3.8, 4) is 0 Å². The number of hydrogen-bond donors (Lipinski definition) is 3. The minimum atomic E-state index is -2.25. The molecule has 2 fully saturated rings. The molecule has 3 rings (SSSR count). The highest BCUT2D eigenvalue weighted by Gasteiger charge is 2.42. The summed E-state index contributed by atoms with van der Waals surface area (Å²) in [6.07, 6.45) is 7.36. The molecule has 2 unspecified atom stereocenters. The highest BCUT2D eigenvalue weighted by atomic mass is 31.1. The van der Waals surface area contributed by atoms with Gasteiger partial charge >= 0.3 is 14.0 Å². The Morgan fingerprint density at radius 3 is 2.48 bits per heavy atom. The van der Waals surface area contributed by atoms with E-state index in [2.05, 4.69) is 5.32 Å². The van der Waals surface area contributed by atoms with Crippen LogP contribution in [-0.2, 0) is 15.7 Å². The highest BCUT2D eigenvalue weighted by molar-refractivity contribution is 7.39. The predicted molar refractivity (Wildman–Crippen MR) is 103 cm³/mol. The number of hydrogen-bond acceptors (Lipinski definition) is 4. The van der Waals surface area contributed by atoms with Crippen LogP contribution in [0.3, 0.4) is 0 Å². The van der Waals surface area contributed by atoms with Crippen LogP contribution in [-0.4, -0.2) is 46.9 Å². The molecule has 1 aromatic carbocycles. The topological polar surface area (TPSA) is 95.9 Å². The van der Waals surface area contributed by atoms with E-state index in [1.54, 1.807) is 12.1 Å². The molecule has 1 aliphatic heterocycles. The Balaban J connectivity index is 1.50. The molecule has 0 radical (unpaired) electrons. The second kappa shape index (κ2) is 9.74. The molecule has 1 saturated carbocycles. The van der Waals surface area contributed by atoms with Gasteiger partial charge in [-0.2, -0.15) is 4.89 Å². The number of carboxylic acid groups (broad SMARTS) is 1. The van der Waals surface area contributed by atoms with E-state index in [9.17, 15) is 14.3 Å². The van der Waals surface area contributed by atoms with Crippen LogP contribution >= 0.6 is 8.03 Å². The van der Waals surface area contributed by atoms with Gasteiger partial charge in [-0.25, -0.2) is 4.79 Å². The van der Waals surface area contributed by atoms with Crippen molar-refractivity contribution in [3.05, 3.63) is 35.4 Å². The molecule has 27 heavy (non-hydrogen) atoms. The summed E-state index contributed by atoms with van der Waals surface area (Å²) in [6.45, 7) is 1.08. The van der Waals surface area contributed by atoms with Crippen molar-refractivity contribution >= 4 is 14.0 Å². The third-order valence-corrected chi connectivity index (χ3v) is 6.93. The maximum atomic E-state index is 11.9. The summed E-state index contributed by atoms with van der Waals surface area (Å²) >= 11 is 0. The molecular formula is C20H29NO5P+. The molecule has 2 aliphatic rings. The van der Waals surface area contributed by atoms with Crippen molar-refractivity contribution < 1.29 is 24.1 Å². The van der Waals surface area contributed by atoms with Crippen molar-refractivity contribution in [1.82, 2.24) is 5.32 Å². The molecule has 4 atom stereocenters. The fourth-order valence-corrected chi connectivity index (χ4v) is 5.19. The van der Waals surface area contributed by atoms with Crippen molar-refractivity contribution in [2.45, 2.75) is 62.8 Å². The number of carboxylic acids is 1. The standard InChI is InChI=1S/C20H28NO5P/c22-20(23)16-8-6-15(7-9-16)10-17-13-26-18(12-21-17)19(27(24)25)11-14-4-2-1-3-5-14/h6-9,14,17-19,21H,1-5,10-13H2,(H-,22,23,24,25)/p+1/t17-,18+,19?/m1/s1. The van der Waals surface area contributed by atoms with Gasteiger partial charge in [-0.1, -0.05) is 44.2 Å². The van der Waals surface area contributed by atoms with Crippen LogP contribution in [0.2, 0.25) is 0 Å². The van der Waals surface area contributed by atoms with Crippen molar-refractivity contribution in [1.29, 1.82) is 0 Å². The summed E-state index contributed by atoms with van der Waals surface area (Å²) < 4.78 is 17.9. The molecule has 1 aliphatic carbocycles. The number of morpholine rings is 1. The Morgan fingerprint density at radius 1 is 1.22 bits per heavy atom. The molecule has 148 valence electrons. The first-order valence-corrected chi connectivity index (χ1v) is 11.1. The zero-order valence-corrected chi connectivity index (χ0v) is 16.4. The van der Waals surface area contributed by atoms with Crippen LogP contribution in [0.1, 0.15) is 54.4 Å². The Hall–Kier alpha value is -1.33. The van der Waals surface area contributed by atoms with Crippen molar-refractivity contribution in [2.24, 2.45) is 5.92 Å². The maximum absolute atomic E-state index is 11.9. The Bertz CT molecular complexity index is 636. The van der Waals surface area contributed by atoms with E-state index in [0.29, 0.717) is 19.1 Å². The number of ether oxygens (including phenoxy) is 1. The molecule has 3 N–H and O–H groups in total. The fourth-order valence-electron chi connectivity index (χ4n) is 4.24. The van der Waals surface area contributed by atoms with Gasteiger partial charge in [0, 0.05) is 19.0 Å². The lowest BCUT2D eigenvalue weighted by Crippen LogP contribution is -2.51. The van der Waals surface area contributed by atoms with Crippen LogP contribution in [0.25, 0.3) is 0 Å². The first-order valence-electron chi connectivity index (χ1n) is 9.85. The lowest BCUT2D eigenvalue weighted by Gasteiger charge is -2.32. The second-order valence-corrected chi connectivity index (χ2v) is 9.06. The summed E-state index contributed by atoms with van der Waals surface area (Å²) in [7, 11) is -2.25. The third-order valence-electron chi connectivity index (χ3n) is 5.81. The summed E-state index contributed by atoms with van der Waals surface area (Å²) in [5, 5.41) is 12.4. The minimum Gasteiger partial charge on any atom is -0.478 e. The summed E-state index contributed by atoms with van der Waals surface area (Å²) in [4.78, 5) is 20.7. The Morgan fingerprint density at radius 2 is 1.93 bits per heavy atom. The molecule has 0 aromatic heterocycles. The van der Waals surface area contributed by atoms with Gasteiger partial charge in [0.1, 0.15) is 6.10 Å². The molecule has 1 saturated heterocycles. The zero-order valence-electron chi connectivity index (χ0n) is 15.5. The summed E-state index contributed by atoms with van der Waals surface area (Å²) in [5.74, 6) is -0.380. The SMILES string of the molecule is O=C(O)c1ccc(C[C@@H]2CO[C@H](C(CC3CCCCC3)[P+](=O)O)CN2)cc1. The normalized spacial score (nSPS) is 25.7. The largest absolute Gasteiger partial charge is 0.511 e. The van der Waals surface area contributed by atoms with Gasteiger partial charge in [-0.15, -0.1) is 0 Å². The van der Waals surface area contributed by atoms with E-state index in [1.807, 2.05) is 12.1 Å². The van der Waals surface area contributed by atoms with E-state index >= 15 is 0 Å². The Kier molecular flexibility index (Phi) is 7.36. The first kappa shape index (κ1) is 20.4. The van der Waals surface area contributed by atoms with Gasteiger partial charge in [0.15, 0.2) is 0 Å². The number of carbonyl (C=O) groups is 1. The maximum Gasteiger partial charge on any atom is 0.511 e. The fraction of sp³-hybridized carbons (Fsp3) is 0.650. The van der Waals surface area contributed by atoms with Crippen LogP contribution in [0.15, 0.2) is 24.3 Å². The highest BCUT2D eigenvalue weighted by Crippen LogP contribution is 2.37. The average Bonchev–Trinajstić information content (AvgIpc) is 2.68. The van der Waals surface area contributed by atoms with Gasteiger partial charge in [0.25, 0.3) is 0 Å². The molecule has 0 amide bonds. The van der Waals surface area contributed by atoms with E-state index in [4.69, 9.17) is 9.84 Å². The van der Waals surface area contributed by atoms with Crippen molar-refractivity contribution in [2.75, 3.05) is 13.2 Å². The van der Waals surface area contributed by atoms with Gasteiger partial charge in [-0.3, -0.25) is 0 Å². The second-order valence-electron chi connectivity index (χ2n) is 7.79. The summed E-state index contributed by atoms with van der Waals surface area (Å²) in [5.41, 5.74) is 1.03. The van der Waals surface area contributed by atoms with Crippen LogP contribution < -0.4 is 5.32 Å². The molecule has 7 heteroatoms. The van der Waals surface area contributed by atoms with E-state index in [1.165, 1.54) is 19.3 Å². The minimum absolute atomic E-state index is 0.129. The van der Waals surface area contributed by atoms with Crippen LogP contribution in [0, 0.1) is 5.92 Å². The smallest absolute Gasteiger partial charge is 0.478 e. The zero-order chi connectivity index (χ0) is 19.2. The molecule has 1 heterocycles. The monoisotopic (exact) mass is 394 g/mol. The quantitative estimate of drug-likeness (QED) is 0.614. The average molecular weight is 394 g/mol. The Labute approximate surface area is 161 Å². The molecular weight excluding hydrogens is 365 g/mol. The molecule has 0 bridgehead atoms. The number of aromatic carboxylic acids is 1. The first-order chi connectivity index (χ1) is 13.0. The lowest BCUT2D eigenvalue weighted by atomic mass is 9.85. The van der Waals surface area contributed by atoms with Gasteiger partial charge in [0.05, 0.1) is 12.2 Å². The lowest BCUT2D eigenvalue weighted by molar-refractivity contribution is -0.00267. The number of benzene rings is 1. The molecule has 6 nitrogen and oxygen atoms in total. The van der Waals surface area contributed by atoms with Gasteiger partial charge in [-0.05, 0) is 34.6 Å². The molecule has 1 aromatic rings. The van der Waals surface area contributed by atoms with Crippen LogP contribution in [0.4, 0.5) is 0 Å². The van der Waals surface area contributed by atoms with E-state index in [0.717, 1.165) is 31.2 Å². The van der Waals surface area contributed by atoms with Crippen LogP contribution in [0.5, 0.6) is 0 Å². The number of rotatable bonds is 7. The van der Waals surface area contributed by atoms with Gasteiger partial charge in [0.2, 0.25) is 5.66 Å². The van der Waals surface area contributed by atoms with E-state index < -0.39 is 14.0 Å². The van der Waals surface area contributed by atoms with Gasteiger partial charge < -0.3 is 15.2 Å². The molecule has 0 spiro atoms.